The Morgan fingerprint density at radius 1 is 1.56 bits per heavy atom. The number of halogens is 1. The lowest BCUT2D eigenvalue weighted by atomic mass is 10.2. The Bertz CT molecular complexity index is 351. The first-order valence-electron chi connectivity index (χ1n) is 5.33. The Morgan fingerprint density at radius 2 is 2.19 bits per heavy atom. The highest BCUT2D eigenvalue weighted by Crippen LogP contribution is 2.25. The van der Waals surface area contributed by atoms with Crippen molar-refractivity contribution < 1.29 is 0 Å². The molecule has 0 fully saturated rings. The van der Waals surface area contributed by atoms with Gasteiger partial charge in [0.2, 0.25) is 0 Å². The fraction of sp³-hybridized carbons (Fsp3) is 0.727. The van der Waals surface area contributed by atoms with E-state index in [-0.39, 0.29) is 0 Å². The molecule has 0 aliphatic carbocycles. The van der Waals surface area contributed by atoms with Crippen LogP contribution >= 0.6 is 23.4 Å². The summed E-state index contributed by atoms with van der Waals surface area (Å²) in [4.78, 5) is 2.26. The first-order chi connectivity index (χ1) is 7.52. The second-order valence-electron chi connectivity index (χ2n) is 4.06. The Labute approximate surface area is 107 Å². The second-order valence-corrected chi connectivity index (χ2v) is 5.24. The minimum absolute atomic E-state index is 0.478. The summed E-state index contributed by atoms with van der Waals surface area (Å²) in [5.74, 6) is 2.75. The monoisotopic (exact) mass is 261 g/mol. The van der Waals surface area contributed by atoms with E-state index in [1.807, 2.05) is 30.4 Å². The van der Waals surface area contributed by atoms with E-state index >= 15 is 0 Å². The number of nitrogens with zero attached hydrogens (tertiary/aromatic N) is 3. The standard InChI is InChI=1S/C11H20ClN3S/c1-8(7-16-5)14(3)11-10(6-12)9(2)13-15(11)4/h8H,6-7H2,1-5H3. The van der Waals surface area contributed by atoms with Crippen LogP contribution in [0, 0.1) is 6.92 Å². The van der Waals surface area contributed by atoms with E-state index in [1.54, 1.807) is 0 Å². The number of alkyl halides is 1. The molecule has 92 valence electrons. The van der Waals surface area contributed by atoms with Crippen LogP contribution < -0.4 is 4.90 Å². The molecule has 1 heterocycles. The normalized spacial score (nSPS) is 12.9. The highest BCUT2D eigenvalue weighted by Gasteiger charge is 2.19. The fourth-order valence-corrected chi connectivity index (χ4v) is 2.87. The molecule has 0 N–H and O–H groups in total. The van der Waals surface area contributed by atoms with E-state index in [9.17, 15) is 0 Å². The van der Waals surface area contributed by atoms with Gasteiger partial charge in [-0.05, 0) is 20.1 Å². The molecule has 1 unspecified atom stereocenters. The Balaban J connectivity index is 3.02. The van der Waals surface area contributed by atoms with E-state index in [0.717, 1.165) is 22.8 Å². The van der Waals surface area contributed by atoms with Crippen molar-refractivity contribution in [3.05, 3.63) is 11.3 Å². The number of aromatic nitrogens is 2. The van der Waals surface area contributed by atoms with Crippen LogP contribution in [0.2, 0.25) is 0 Å². The summed E-state index contributed by atoms with van der Waals surface area (Å²) < 4.78 is 1.92. The molecule has 0 amide bonds. The van der Waals surface area contributed by atoms with Crippen LogP contribution in [0.5, 0.6) is 0 Å². The molecule has 0 aliphatic rings. The molecule has 1 aromatic heterocycles. The summed E-state index contributed by atoms with van der Waals surface area (Å²) in [6.07, 6.45) is 2.13. The molecule has 0 aliphatic heterocycles. The van der Waals surface area contributed by atoms with Crippen LogP contribution in [-0.4, -0.2) is 34.9 Å². The van der Waals surface area contributed by atoms with Gasteiger partial charge in [-0.1, -0.05) is 0 Å². The maximum Gasteiger partial charge on any atom is 0.131 e. The molecular formula is C11H20ClN3S. The molecule has 3 nitrogen and oxygen atoms in total. The van der Waals surface area contributed by atoms with Gasteiger partial charge < -0.3 is 4.90 Å². The van der Waals surface area contributed by atoms with Gasteiger partial charge in [-0.15, -0.1) is 11.6 Å². The highest BCUT2D eigenvalue weighted by molar-refractivity contribution is 7.98. The summed E-state index contributed by atoms with van der Waals surface area (Å²) >= 11 is 7.85. The average molecular weight is 262 g/mol. The zero-order chi connectivity index (χ0) is 12.3. The summed E-state index contributed by atoms with van der Waals surface area (Å²) in [7, 11) is 4.08. The molecule has 1 rings (SSSR count). The topological polar surface area (TPSA) is 21.1 Å². The zero-order valence-corrected chi connectivity index (χ0v) is 12.2. The molecule has 16 heavy (non-hydrogen) atoms. The maximum absolute atomic E-state index is 5.99. The highest BCUT2D eigenvalue weighted by atomic mass is 35.5. The van der Waals surface area contributed by atoms with Gasteiger partial charge in [0, 0.05) is 31.5 Å². The van der Waals surface area contributed by atoms with Crippen molar-refractivity contribution >= 4 is 29.2 Å². The quantitative estimate of drug-likeness (QED) is 0.761. The number of rotatable bonds is 5. The van der Waals surface area contributed by atoms with Crippen molar-refractivity contribution in [2.24, 2.45) is 7.05 Å². The van der Waals surface area contributed by atoms with Gasteiger partial charge in [0.25, 0.3) is 0 Å². The van der Waals surface area contributed by atoms with E-state index < -0.39 is 0 Å². The Morgan fingerprint density at radius 3 is 2.69 bits per heavy atom. The minimum Gasteiger partial charge on any atom is -0.356 e. The molecule has 0 aromatic carbocycles. The molecule has 0 bridgehead atoms. The predicted molar refractivity (Wildman–Crippen MR) is 73.7 cm³/mol. The summed E-state index contributed by atoms with van der Waals surface area (Å²) in [6.45, 7) is 4.23. The van der Waals surface area contributed by atoms with Crippen LogP contribution in [-0.2, 0) is 12.9 Å². The molecule has 1 aromatic rings. The molecule has 0 spiro atoms. The van der Waals surface area contributed by atoms with Crippen molar-refractivity contribution in [2.75, 3.05) is 24.0 Å². The van der Waals surface area contributed by atoms with Crippen LogP contribution in [0.3, 0.4) is 0 Å². The van der Waals surface area contributed by atoms with E-state index in [2.05, 4.69) is 30.2 Å². The lowest BCUT2D eigenvalue weighted by Crippen LogP contribution is -2.33. The number of hydrogen-bond donors (Lipinski definition) is 0. The van der Waals surface area contributed by atoms with Crippen LogP contribution in [0.25, 0.3) is 0 Å². The summed E-state index contributed by atoms with van der Waals surface area (Å²) in [6, 6.07) is 0.478. The third-order valence-corrected chi connectivity index (χ3v) is 3.93. The van der Waals surface area contributed by atoms with Crippen molar-refractivity contribution in [1.82, 2.24) is 9.78 Å². The minimum atomic E-state index is 0.478. The van der Waals surface area contributed by atoms with Gasteiger partial charge in [-0.25, -0.2) is 0 Å². The van der Waals surface area contributed by atoms with Gasteiger partial charge in [0.1, 0.15) is 5.82 Å². The zero-order valence-electron chi connectivity index (χ0n) is 10.6. The summed E-state index contributed by atoms with van der Waals surface area (Å²) in [5.41, 5.74) is 2.16. The van der Waals surface area contributed by atoms with Crippen molar-refractivity contribution in [3.8, 4) is 0 Å². The molecular weight excluding hydrogens is 242 g/mol. The lowest BCUT2D eigenvalue weighted by Gasteiger charge is -2.27. The lowest BCUT2D eigenvalue weighted by molar-refractivity contribution is 0.685. The smallest absolute Gasteiger partial charge is 0.131 e. The van der Waals surface area contributed by atoms with Crippen molar-refractivity contribution in [1.29, 1.82) is 0 Å². The van der Waals surface area contributed by atoms with Crippen molar-refractivity contribution in [2.45, 2.75) is 25.8 Å². The van der Waals surface area contributed by atoms with Gasteiger partial charge in [0.05, 0.1) is 11.6 Å². The SMILES string of the molecule is CSCC(C)N(C)c1c(CCl)c(C)nn1C. The Kier molecular flexibility index (Phi) is 4.99. The molecule has 5 heteroatoms. The average Bonchev–Trinajstić information content (AvgIpc) is 2.52. The third-order valence-electron chi connectivity index (χ3n) is 2.85. The third kappa shape index (κ3) is 2.66. The molecule has 1 atom stereocenters. The van der Waals surface area contributed by atoms with Gasteiger partial charge in [0.15, 0.2) is 0 Å². The first-order valence-corrected chi connectivity index (χ1v) is 7.26. The predicted octanol–water partition coefficient (Wildman–Crippen LogP) is 2.66. The largest absolute Gasteiger partial charge is 0.356 e. The Hall–Kier alpha value is -0.350. The molecule has 0 saturated carbocycles. The number of aryl methyl sites for hydroxylation is 2. The van der Waals surface area contributed by atoms with Gasteiger partial charge in [-0.3, -0.25) is 4.68 Å². The van der Waals surface area contributed by atoms with E-state index in [1.165, 1.54) is 0 Å². The molecule has 0 saturated heterocycles. The van der Waals surface area contributed by atoms with Gasteiger partial charge >= 0.3 is 0 Å². The second kappa shape index (κ2) is 5.82. The van der Waals surface area contributed by atoms with E-state index in [0.29, 0.717) is 11.9 Å². The summed E-state index contributed by atoms with van der Waals surface area (Å²) in [5, 5.41) is 4.43. The molecule has 0 radical (unpaired) electrons. The number of hydrogen-bond acceptors (Lipinski definition) is 3. The van der Waals surface area contributed by atoms with Crippen molar-refractivity contribution in [3.63, 3.8) is 0 Å². The number of thioether (sulfide) groups is 1. The van der Waals surface area contributed by atoms with Crippen LogP contribution in [0.1, 0.15) is 18.2 Å². The number of anilines is 1. The maximum atomic E-state index is 5.99. The van der Waals surface area contributed by atoms with E-state index in [4.69, 9.17) is 11.6 Å². The van der Waals surface area contributed by atoms with Gasteiger partial charge in [-0.2, -0.15) is 16.9 Å². The first kappa shape index (κ1) is 13.7. The fourth-order valence-electron chi connectivity index (χ4n) is 1.85. The van der Waals surface area contributed by atoms with Crippen LogP contribution in [0.15, 0.2) is 0 Å². The van der Waals surface area contributed by atoms with Crippen LogP contribution in [0.4, 0.5) is 5.82 Å².